The van der Waals surface area contributed by atoms with Gasteiger partial charge in [0.15, 0.2) is 0 Å². The van der Waals surface area contributed by atoms with Crippen LogP contribution in [-0.2, 0) is 6.42 Å². The summed E-state index contributed by atoms with van der Waals surface area (Å²) in [5.74, 6) is 2.12. The number of hydrogen-bond donors (Lipinski definition) is 1. The lowest BCUT2D eigenvalue weighted by Crippen LogP contribution is -2.17. The average molecular weight is 286 g/mol. The Morgan fingerprint density at radius 1 is 1.24 bits per heavy atom. The van der Waals surface area contributed by atoms with Crippen LogP contribution in [0.15, 0.2) is 36.5 Å². The molecule has 2 N–H and O–H groups in total. The van der Waals surface area contributed by atoms with Gasteiger partial charge >= 0.3 is 0 Å². The average Bonchev–Trinajstić information content (AvgIpc) is 2.42. The van der Waals surface area contributed by atoms with Crippen LogP contribution in [0.1, 0.15) is 25.0 Å². The lowest BCUT2D eigenvalue weighted by Gasteiger charge is -2.11. The van der Waals surface area contributed by atoms with E-state index in [2.05, 4.69) is 11.1 Å². The van der Waals surface area contributed by atoms with Gasteiger partial charge in [-0.25, -0.2) is 4.98 Å². The number of hydrogen-bond acceptors (Lipinski definition) is 4. The summed E-state index contributed by atoms with van der Waals surface area (Å²) >= 11 is 0. The minimum atomic E-state index is 0.126. The van der Waals surface area contributed by atoms with Gasteiger partial charge < -0.3 is 15.2 Å². The topological polar surface area (TPSA) is 57.4 Å². The van der Waals surface area contributed by atoms with Gasteiger partial charge in [0.25, 0.3) is 0 Å². The summed E-state index contributed by atoms with van der Waals surface area (Å²) in [5.41, 5.74) is 7.93. The van der Waals surface area contributed by atoms with Crippen LogP contribution in [0, 0.1) is 6.92 Å². The molecule has 21 heavy (non-hydrogen) atoms. The maximum absolute atomic E-state index is 5.83. The standard InChI is InChI=1S/C17H22N2O2/c1-4-20-15-6-5-7-16(10-15)21-17-12(2)8-14(11-19-17)9-13(3)18/h5-8,10-11,13H,4,9,18H2,1-3H3. The van der Waals surface area contributed by atoms with E-state index in [0.29, 0.717) is 12.5 Å². The van der Waals surface area contributed by atoms with Crippen molar-refractivity contribution in [2.24, 2.45) is 5.73 Å². The van der Waals surface area contributed by atoms with Gasteiger partial charge in [-0.2, -0.15) is 0 Å². The fourth-order valence-corrected chi connectivity index (χ4v) is 2.12. The molecule has 4 heteroatoms. The molecule has 2 rings (SSSR count). The fraction of sp³-hybridized carbons (Fsp3) is 0.353. The van der Waals surface area contributed by atoms with Gasteiger partial charge in [0.2, 0.25) is 5.88 Å². The molecule has 0 aliphatic rings. The smallest absolute Gasteiger partial charge is 0.222 e. The van der Waals surface area contributed by atoms with Crippen molar-refractivity contribution in [3.8, 4) is 17.4 Å². The molecular weight excluding hydrogens is 264 g/mol. The molecular formula is C17H22N2O2. The van der Waals surface area contributed by atoms with Gasteiger partial charge in [-0.3, -0.25) is 0 Å². The molecule has 0 amide bonds. The van der Waals surface area contributed by atoms with Crippen molar-refractivity contribution in [2.45, 2.75) is 33.2 Å². The number of pyridine rings is 1. The second kappa shape index (κ2) is 7.09. The first-order chi connectivity index (χ1) is 10.1. The lowest BCUT2D eigenvalue weighted by molar-refractivity contribution is 0.338. The fourth-order valence-electron chi connectivity index (χ4n) is 2.12. The van der Waals surface area contributed by atoms with Crippen molar-refractivity contribution in [3.63, 3.8) is 0 Å². The Balaban J connectivity index is 2.14. The first-order valence-electron chi connectivity index (χ1n) is 7.20. The van der Waals surface area contributed by atoms with Crippen LogP contribution in [0.5, 0.6) is 17.4 Å². The number of aryl methyl sites for hydroxylation is 1. The molecule has 1 aromatic heterocycles. The molecule has 112 valence electrons. The molecule has 0 saturated heterocycles. The van der Waals surface area contributed by atoms with Crippen LogP contribution < -0.4 is 15.2 Å². The van der Waals surface area contributed by atoms with Gasteiger partial charge in [-0.1, -0.05) is 6.07 Å². The minimum Gasteiger partial charge on any atom is -0.494 e. The summed E-state index contributed by atoms with van der Waals surface area (Å²) < 4.78 is 11.3. The highest BCUT2D eigenvalue weighted by Gasteiger charge is 2.07. The molecule has 0 aliphatic carbocycles. The number of nitrogens with two attached hydrogens (primary N) is 1. The van der Waals surface area contributed by atoms with E-state index in [1.165, 1.54) is 0 Å². The van der Waals surface area contributed by atoms with Crippen LogP contribution in [0.2, 0.25) is 0 Å². The Bertz CT molecular complexity index is 597. The minimum absolute atomic E-state index is 0.126. The molecule has 0 bridgehead atoms. The highest BCUT2D eigenvalue weighted by Crippen LogP contribution is 2.26. The normalized spacial score (nSPS) is 12.0. The number of ether oxygens (including phenoxy) is 2. The first-order valence-corrected chi connectivity index (χ1v) is 7.20. The van der Waals surface area contributed by atoms with Gasteiger partial charge in [0.1, 0.15) is 11.5 Å². The Morgan fingerprint density at radius 3 is 2.67 bits per heavy atom. The summed E-state index contributed by atoms with van der Waals surface area (Å²) in [6.07, 6.45) is 2.63. The van der Waals surface area contributed by atoms with Crippen LogP contribution in [-0.4, -0.2) is 17.6 Å². The molecule has 0 spiro atoms. The van der Waals surface area contributed by atoms with Crippen LogP contribution >= 0.6 is 0 Å². The second-order valence-electron chi connectivity index (χ2n) is 5.16. The molecule has 4 nitrogen and oxygen atoms in total. The Kier molecular flexibility index (Phi) is 5.17. The van der Waals surface area contributed by atoms with E-state index < -0.39 is 0 Å². The van der Waals surface area contributed by atoms with E-state index in [-0.39, 0.29) is 6.04 Å². The molecule has 0 saturated carbocycles. The Labute approximate surface area is 125 Å². The van der Waals surface area contributed by atoms with E-state index in [1.807, 2.05) is 51.2 Å². The summed E-state index contributed by atoms with van der Waals surface area (Å²) in [6, 6.07) is 9.75. The van der Waals surface area contributed by atoms with Gasteiger partial charge in [-0.05, 0) is 51.0 Å². The lowest BCUT2D eigenvalue weighted by atomic mass is 10.1. The largest absolute Gasteiger partial charge is 0.494 e. The van der Waals surface area contributed by atoms with Crippen LogP contribution in [0.3, 0.4) is 0 Å². The predicted octanol–water partition coefficient (Wildman–Crippen LogP) is 3.47. The summed E-state index contributed by atoms with van der Waals surface area (Å²) in [7, 11) is 0. The molecule has 1 atom stereocenters. The third-order valence-corrected chi connectivity index (χ3v) is 2.98. The quantitative estimate of drug-likeness (QED) is 0.883. The second-order valence-corrected chi connectivity index (χ2v) is 5.16. The van der Waals surface area contributed by atoms with Crippen molar-refractivity contribution in [2.75, 3.05) is 6.61 Å². The summed E-state index contributed by atoms with van der Waals surface area (Å²) in [4.78, 5) is 4.38. The van der Waals surface area contributed by atoms with E-state index in [9.17, 15) is 0 Å². The third-order valence-electron chi connectivity index (χ3n) is 2.98. The van der Waals surface area contributed by atoms with Gasteiger partial charge in [-0.15, -0.1) is 0 Å². The molecule has 0 fully saturated rings. The predicted molar refractivity (Wildman–Crippen MR) is 84.0 cm³/mol. The molecule has 0 aliphatic heterocycles. The summed E-state index contributed by atoms with van der Waals surface area (Å²) in [6.45, 7) is 6.56. The van der Waals surface area contributed by atoms with Crippen molar-refractivity contribution >= 4 is 0 Å². The Morgan fingerprint density at radius 2 is 2.00 bits per heavy atom. The summed E-state index contributed by atoms with van der Waals surface area (Å²) in [5, 5.41) is 0. The SMILES string of the molecule is CCOc1cccc(Oc2ncc(CC(C)N)cc2C)c1. The number of rotatable bonds is 6. The van der Waals surface area contributed by atoms with E-state index in [1.54, 1.807) is 0 Å². The number of aromatic nitrogens is 1. The third kappa shape index (κ3) is 4.46. The Hall–Kier alpha value is -2.07. The zero-order valence-corrected chi connectivity index (χ0v) is 12.8. The van der Waals surface area contributed by atoms with Crippen molar-refractivity contribution in [1.29, 1.82) is 0 Å². The van der Waals surface area contributed by atoms with Crippen LogP contribution in [0.25, 0.3) is 0 Å². The van der Waals surface area contributed by atoms with E-state index >= 15 is 0 Å². The highest BCUT2D eigenvalue weighted by molar-refractivity contribution is 5.37. The number of nitrogens with zero attached hydrogens (tertiary/aromatic N) is 1. The van der Waals surface area contributed by atoms with Crippen molar-refractivity contribution in [3.05, 3.63) is 47.7 Å². The first kappa shape index (κ1) is 15.3. The van der Waals surface area contributed by atoms with E-state index in [0.717, 1.165) is 29.0 Å². The zero-order valence-electron chi connectivity index (χ0n) is 12.8. The molecule has 0 radical (unpaired) electrons. The maximum atomic E-state index is 5.83. The molecule has 1 unspecified atom stereocenters. The zero-order chi connectivity index (χ0) is 15.2. The van der Waals surface area contributed by atoms with E-state index in [4.69, 9.17) is 15.2 Å². The van der Waals surface area contributed by atoms with Gasteiger partial charge in [0, 0.05) is 23.9 Å². The molecule has 2 aromatic rings. The highest BCUT2D eigenvalue weighted by atomic mass is 16.5. The van der Waals surface area contributed by atoms with Crippen molar-refractivity contribution in [1.82, 2.24) is 4.98 Å². The molecule has 1 aromatic carbocycles. The number of benzene rings is 1. The monoisotopic (exact) mass is 286 g/mol. The van der Waals surface area contributed by atoms with Gasteiger partial charge in [0.05, 0.1) is 6.61 Å². The van der Waals surface area contributed by atoms with Crippen molar-refractivity contribution < 1.29 is 9.47 Å². The van der Waals surface area contributed by atoms with Crippen LogP contribution in [0.4, 0.5) is 0 Å². The maximum Gasteiger partial charge on any atom is 0.222 e. The molecule has 1 heterocycles.